The molecule has 7 heteroatoms. The number of aromatic nitrogens is 2. The molecule has 2 aromatic rings. The van der Waals surface area contributed by atoms with E-state index in [0.717, 1.165) is 11.3 Å². The molecule has 1 heterocycles. The normalized spacial score (nSPS) is 12.0. The van der Waals surface area contributed by atoms with Crippen LogP contribution in [0.2, 0.25) is 0 Å². The van der Waals surface area contributed by atoms with Gasteiger partial charge < -0.3 is 19.9 Å². The maximum atomic E-state index is 10.8. The highest BCUT2D eigenvalue weighted by atomic mass is 16.5. The van der Waals surface area contributed by atoms with Crippen LogP contribution in [0.15, 0.2) is 36.7 Å². The van der Waals surface area contributed by atoms with Crippen molar-refractivity contribution in [2.75, 3.05) is 19.0 Å². The summed E-state index contributed by atoms with van der Waals surface area (Å²) in [4.78, 5) is 18.7. The van der Waals surface area contributed by atoms with Gasteiger partial charge in [0.05, 0.1) is 25.6 Å². The van der Waals surface area contributed by atoms with Gasteiger partial charge in [-0.1, -0.05) is 18.2 Å². The van der Waals surface area contributed by atoms with Crippen LogP contribution >= 0.6 is 0 Å². The minimum atomic E-state index is -1.11. The van der Waals surface area contributed by atoms with E-state index in [4.69, 9.17) is 14.6 Å². The third-order valence-corrected chi connectivity index (χ3v) is 3.26. The number of carbonyl (C=O) groups is 1. The molecule has 0 bridgehead atoms. The Morgan fingerprint density at radius 1 is 1.25 bits per heavy atom. The van der Waals surface area contributed by atoms with Crippen molar-refractivity contribution in [3.63, 3.8) is 0 Å². The van der Waals surface area contributed by atoms with E-state index in [1.807, 2.05) is 38.1 Å². The van der Waals surface area contributed by atoms with Crippen LogP contribution in [0.25, 0.3) is 0 Å². The number of rotatable bonds is 8. The zero-order chi connectivity index (χ0) is 17.5. The molecule has 2 N–H and O–H groups in total. The smallest absolute Gasteiger partial charge is 0.356 e. The maximum absolute atomic E-state index is 10.8. The highest BCUT2D eigenvalue weighted by Crippen LogP contribution is 2.28. The van der Waals surface area contributed by atoms with Crippen molar-refractivity contribution in [1.82, 2.24) is 9.97 Å². The van der Waals surface area contributed by atoms with E-state index in [-0.39, 0.29) is 17.9 Å². The SMILES string of the molecule is COc1ccccc1C(CNc1cnc(C(=O)O)cn1)OC(C)C. The molecule has 0 fully saturated rings. The van der Waals surface area contributed by atoms with Gasteiger partial charge in [-0.2, -0.15) is 0 Å². The second-order valence-corrected chi connectivity index (χ2v) is 5.39. The summed E-state index contributed by atoms with van der Waals surface area (Å²) in [7, 11) is 1.62. The van der Waals surface area contributed by atoms with Crippen molar-refractivity contribution in [3.05, 3.63) is 47.9 Å². The Labute approximate surface area is 140 Å². The molecule has 0 saturated heterocycles. The van der Waals surface area contributed by atoms with Crippen molar-refractivity contribution >= 4 is 11.8 Å². The first-order chi connectivity index (χ1) is 11.5. The van der Waals surface area contributed by atoms with Crippen molar-refractivity contribution in [2.45, 2.75) is 26.1 Å². The first-order valence-corrected chi connectivity index (χ1v) is 7.58. The lowest BCUT2D eigenvalue weighted by atomic mass is 10.1. The summed E-state index contributed by atoms with van der Waals surface area (Å²) in [6.07, 6.45) is 2.38. The first kappa shape index (κ1) is 17.7. The lowest BCUT2D eigenvalue weighted by Gasteiger charge is -2.23. The molecule has 1 atom stereocenters. The fourth-order valence-electron chi connectivity index (χ4n) is 2.22. The molecule has 2 rings (SSSR count). The van der Waals surface area contributed by atoms with Gasteiger partial charge in [0.1, 0.15) is 17.7 Å². The van der Waals surface area contributed by atoms with Gasteiger partial charge in [0.25, 0.3) is 0 Å². The van der Waals surface area contributed by atoms with Crippen molar-refractivity contribution in [3.8, 4) is 5.75 Å². The summed E-state index contributed by atoms with van der Waals surface area (Å²) in [5.74, 6) is 0.119. The molecule has 0 spiro atoms. The Morgan fingerprint density at radius 3 is 2.58 bits per heavy atom. The summed E-state index contributed by atoms with van der Waals surface area (Å²) in [5, 5.41) is 12.0. The summed E-state index contributed by atoms with van der Waals surface area (Å²) in [5.41, 5.74) is 0.830. The van der Waals surface area contributed by atoms with Gasteiger partial charge in [-0.05, 0) is 19.9 Å². The van der Waals surface area contributed by atoms with E-state index in [2.05, 4.69) is 15.3 Å². The Bertz CT molecular complexity index is 674. The molecule has 0 radical (unpaired) electrons. The number of nitrogens with one attached hydrogen (secondary N) is 1. The second-order valence-electron chi connectivity index (χ2n) is 5.39. The van der Waals surface area contributed by atoms with Crippen LogP contribution in [-0.2, 0) is 4.74 Å². The highest BCUT2D eigenvalue weighted by Gasteiger charge is 2.18. The maximum Gasteiger partial charge on any atom is 0.356 e. The number of anilines is 1. The lowest BCUT2D eigenvalue weighted by Crippen LogP contribution is -2.20. The second kappa shape index (κ2) is 8.26. The third kappa shape index (κ3) is 4.66. The number of benzene rings is 1. The molecule has 128 valence electrons. The number of aromatic carboxylic acids is 1. The van der Waals surface area contributed by atoms with E-state index in [1.54, 1.807) is 7.11 Å². The number of hydrogen-bond donors (Lipinski definition) is 2. The Hall–Kier alpha value is -2.67. The predicted octanol–water partition coefficient (Wildman–Crippen LogP) is 2.76. The van der Waals surface area contributed by atoms with Gasteiger partial charge in [-0.25, -0.2) is 14.8 Å². The van der Waals surface area contributed by atoms with Crippen LogP contribution in [0, 0.1) is 0 Å². The van der Waals surface area contributed by atoms with Gasteiger partial charge in [-0.3, -0.25) is 0 Å². The molecular formula is C17H21N3O4. The van der Waals surface area contributed by atoms with Crippen molar-refractivity contribution < 1.29 is 19.4 Å². The zero-order valence-electron chi connectivity index (χ0n) is 13.9. The molecule has 0 aliphatic rings. The van der Waals surface area contributed by atoms with Crippen LogP contribution in [0.1, 0.15) is 36.0 Å². The van der Waals surface area contributed by atoms with Crippen molar-refractivity contribution in [1.29, 1.82) is 0 Å². The molecule has 0 aliphatic carbocycles. The van der Waals surface area contributed by atoms with E-state index < -0.39 is 5.97 Å². The van der Waals surface area contributed by atoms with E-state index in [1.165, 1.54) is 12.4 Å². The molecule has 0 aliphatic heterocycles. The molecule has 1 aromatic heterocycles. The number of ether oxygens (including phenoxy) is 2. The average molecular weight is 331 g/mol. The number of methoxy groups -OCH3 is 1. The van der Waals surface area contributed by atoms with E-state index >= 15 is 0 Å². The molecule has 7 nitrogen and oxygen atoms in total. The van der Waals surface area contributed by atoms with Crippen molar-refractivity contribution in [2.24, 2.45) is 0 Å². The quantitative estimate of drug-likeness (QED) is 0.768. The number of para-hydroxylation sites is 1. The van der Waals surface area contributed by atoms with Gasteiger partial charge >= 0.3 is 5.97 Å². The largest absolute Gasteiger partial charge is 0.496 e. The summed E-state index contributed by atoms with van der Waals surface area (Å²) in [6.45, 7) is 4.37. The Morgan fingerprint density at radius 2 is 2.00 bits per heavy atom. The monoisotopic (exact) mass is 331 g/mol. The molecule has 1 unspecified atom stereocenters. The fraction of sp³-hybridized carbons (Fsp3) is 0.353. The summed E-state index contributed by atoms with van der Waals surface area (Å²) in [6, 6.07) is 7.66. The van der Waals surface area contributed by atoms with Crippen LogP contribution in [0.3, 0.4) is 0 Å². The third-order valence-electron chi connectivity index (χ3n) is 3.26. The van der Waals surface area contributed by atoms with Gasteiger partial charge in [0.2, 0.25) is 0 Å². The summed E-state index contributed by atoms with van der Waals surface area (Å²) < 4.78 is 11.4. The first-order valence-electron chi connectivity index (χ1n) is 7.58. The van der Waals surface area contributed by atoms with Crippen LogP contribution < -0.4 is 10.1 Å². The minimum absolute atomic E-state index is 0.0298. The van der Waals surface area contributed by atoms with Crippen LogP contribution in [0.4, 0.5) is 5.82 Å². The number of carboxylic acid groups (broad SMARTS) is 1. The topological polar surface area (TPSA) is 93.6 Å². The number of hydrogen-bond acceptors (Lipinski definition) is 6. The zero-order valence-corrected chi connectivity index (χ0v) is 13.9. The highest BCUT2D eigenvalue weighted by molar-refractivity contribution is 5.84. The average Bonchev–Trinajstić information content (AvgIpc) is 2.58. The standard InChI is InChI=1S/C17H21N3O4/c1-11(2)24-15(12-6-4-5-7-14(12)23-3)9-20-16-10-18-13(8-19-16)17(21)22/h4-8,10-11,15H,9H2,1-3H3,(H,19,20)(H,21,22). The summed E-state index contributed by atoms with van der Waals surface area (Å²) >= 11 is 0. The van der Waals surface area contributed by atoms with Crippen LogP contribution in [-0.4, -0.2) is 40.8 Å². The molecule has 0 saturated carbocycles. The van der Waals surface area contributed by atoms with E-state index in [9.17, 15) is 4.79 Å². The number of nitrogens with zero attached hydrogens (tertiary/aromatic N) is 2. The fourth-order valence-corrected chi connectivity index (χ4v) is 2.22. The molecular weight excluding hydrogens is 310 g/mol. The Balaban J connectivity index is 2.13. The van der Waals surface area contributed by atoms with Gasteiger partial charge in [0.15, 0.2) is 5.69 Å². The predicted molar refractivity (Wildman–Crippen MR) is 89.4 cm³/mol. The number of carboxylic acids is 1. The van der Waals surface area contributed by atoms with Gasteiger partial charge in [-0.15, -0.1) is 0 Å². The van der Waals surface area contributed by atoms with Gasteiger partial charge in [0, 0.05) is 12.1 Å². The van der Waals surface area contributed by atoms with Crippen LogP contribution in [0.5, 0.6) is 5.75 Å². The molecule has 0 amide bonds. The molecule has 24 heavy (non-hydrogen) atoms. The lowest BCUT2D eigenvalue weighted by molar-refractivity contribution is 0.0131. The molecule has 1 aromatic carbocycles. The Kier molecular flexibility index (Phi) is 6.08. The van der Waals surface area contributed by atoms with E-state index in [0.29, 0.717) is 12.4 Å². The minimum Gasteiger partial charge on any atom is -0.496 e.